The largest absolute Gasteiger partial charge is 0.394 e. The number of unbranched alkanes of at least 4 members (excludes halogenated alkanes) is 15. The van der Waals surface area contributed by atoms with Crippen molar-refractivity contribution in [3.63, 3.8) is 0 Å². The molecule has 0 rings (SSSR count). The lowest BCUT2D eigenvalue weighted by atomic mass is 10.0. The van der Waals surface area contributed by atoms with Crippen LogP contribution in [0.2, 0.25) is 0 Å². The smallest absolute Gasteiger partial charge is 0.244 e. The number of hydrogen-bond acceptors (Lipinski definition) is 6. The molecule has 0 aromatic heterocycles. The van der Waals surface area contributed by atoms with Crippen LogP contribution in [-0.2, 0) is 9.59 Å². The van der Waals surface area contributed by atoms with Gasteiger partial charge < -0.3 is 30.5 Å². The van der Waals surface area contributed by atoms with Crippen molar-refractivity contribution in [1.82, 2.24) is 5.32 Å². The van der Waals surface area contributed by atoms with Crippen LogP contribution < -0.4 is 5.32 Å². The standard InChI is InChI=1S/C26H49NO6/c1-2-3-4-5-6-7-8-9-10-11-12-13-14-15-16-17-18-19-24(31)27-22(20-28)25(32)26(33)23(30)21-29/h18-20,22-23,25-26,29-30,32-33H,2-17,21H2,1H3,(H,27,31)/t22-,23+,25+,26+/m0/s1. The zero-order valence-corrected chi connectivity index (χ0v) is 20.7. The molecule has 0 aliphatic carbocycles. The van der Waals surface area contributed by atoms with Crippen LogP contribution in [0.3, 0.4) is 0 Å². The average molecular weight is 472 g/mol. The zero-order valence-electron chi connectivity index (χ0n) is 20.7. The number of aliphatic hydroxyl groups is 4. The first kappa shape index (κ1) is 31.7. The van der Waals surface area contributed by atoms with E-state index in [4.69, 9.17) is 5.11 Å². The molecule has 0 aromatic carbocycles. The molecule has 0 spiro atoms. The first-order valence-electron chi connectivity index (χ1n) is 13.0. The second-order valence-electron chi connectivity index (χ2n) is 9.04. The average Bonchev–Trinajstić information content (AvgIpc) is 2.82. The topological polar surface area (TPSA) is 127 Å². The Morgan fingerprint density at radius 1 is 0.758 bits per heavy atom. The van der Waals surface area contributed by atoms with Crippen molar-refractivity contribution in [1.29, 1.82) is 0 Å². The van der Waals surface area contributed by atoms with Crippen molar-refractivity contribution >= 4 is 12.2 Å². The van der Waals surface area contributed by atoms with Crippen LogP contribution in [0.5, 0.6) is 0 Å². The van der Waals surface area contributed by atoms with Gasteiger partial charge in [-0.1, -0.05) is 103 Å². The fourth-order valence-electron chi connectivity index (χ4n) is 3.78. The van der Waals surface area contributed by atoms with Gasteiger partial charge in [0.15, 0.2) is 0 Å². The van der Waals surface area contributed by atoms with Crippen molar-refractivity contribution in [2.75, 3.05) is 6.61 Å². The Kier molecular flexibility index (Phi) is 21.6. The second-order valence-corrected chi connectivity index (χ2v) is 9.04. The number of aliphatic hydroxyl groups excluding tert-OH is 4. The van der Waals surface area contributed by atoms with E-state index in [1.165, 1.54) is 89.5 Å². The van der Waals surface area contributed by atoms with E-state index >= 15 is 0 Å². The van der Waals surface area contributed by atoms with Crippen LogP contribution in [0.15, 0.2) is 12.2 Å². The molecule has 0 aliphatic heterocycles. The minimum absolute atomic E-state index is 0.290. The van der Waals surface area contributed by atoms with Crippen molar-refractivity contribution in [2.45, 2.75) is 134 Å². The Morgan fingerprint density at radius 3 is 1.64 bits per heavy atom. The highest BCUT2D eigenvalue weighted by Gasteiger charge is 2.31. The Morgan fingerprint density at radius 2 is 1.21 bits per heavy atom. The fraction of sp³-hybridized carbons (Fsp3) is 0.846. The van der Waals surface area contributed by atoms with Crippen LogP contribution in [0, 0.1) is 0 Å². The highest BCUT2D eigenvalue weighted by molar-refractivity contribution is 5.89. The summed E-state index contributed by atoms with van der Waals surface area (Å²) in [5, 5.41) is 39.9. The van der Waals surface area contributed by atoms with E-state index in [2.05, 4.69) is 12.2 Å². The van der Waals surface area contributed by atoms with Gasteiger partial charge in [-0.05, 0) is 18.9 Å². The Hall–Kier alpha value is -1.28. The molecule has 0 radical (unpaired) electrons. The molecule has 1 amide bonds. The lowest BCUT2D eigenvalue weighted by molar-refractivity contribution is -0.128. The van der Waals surface area contributed by atoms with Crippen LogP contribution in [-0.4, -0.2) is 63.6 Å². The molecule has 0 aromatic rings. The highest BCUT2D eigenvalue weighted by atomic mass is 16.4. The number of aldehydes is 1. The molecule has 194 valence electrons. The molecule has 0 aliphatic rings. The summed E-state index contributed by atoms with van der Waals surface area (Å²) in [6.45, 7) is 1.49. The first-order chi connectivity index (χ1) is 16.0. The van der Waals surface area contributed by atoms with Gasteiger partial charge in [0.05, 0.1) is 6.61 Å². The van der Waals surface area contributed by atoms with Crippen LogP contribution >= 0.6 is 0 Å². The van der Waals surface area contributed by atoms with E-state index in [0.29, 0.717) is 6.29 Å². The van der Waals surface area contributed by atoms with Crippen molar-refractivity contribution < 1.29 is 30.0 Å². The van der Waals surface area contributed by atoms with Gasteiger partial charge in [0.1, 0.15) is 30.6 Å². The third kappa shape index (κ3) is 17.8. The number of carbonyl (C=O) groups excluding carboxylic acids is 2. The minimum atomic E-state index is -1.74. The molecular formula is C26H49NO6. The third-order valence-corrected chi connectivity index (χ3v) is 6.00. The Bertz CT molecular complexity index is 499. The van der Waals surface area contributed by atoms with E-state index in [1.807, 2.05) is 0 Å². The van der Waals surface area contributed by atoms with Gasteiger partial charge in [-0.25, -0.2) is 0 Å². The molecule has 7 heteroatoms. The summed E-state index contributed by atoms with van der Waals surface area (Å²) >= 11 is 0. The number of hydrogen-bond donors (Lipinski definition) is 5. The van der Waals surface area contributed by atoms with E-state index in [9.17, 15) is 24.9 Å². The van der Waals surface area contributed by atoms with Gasteiger partial charge in [-0.3, -0.25) is 4.79 Å². The van der Waals surface area contributed by atoms with Crippen molar-refractivity contribution in [3.05, 3.63) is 12.2 Å². The molecule has 7 nitrogen and oxygen atoms in total. The maximum absolute atomic E-state index is 11.9. The normalized spacial score (nSPS) is 15.3. The number of carbonyl (C=O) groups is 2. The molecule has 0 heterocycles. The summed E-state index contributed by atoms with van der Waals surface area (Å²) in [4.78, 5) is 23.0. The van der Waals surface area contributed by atoms with E-state index in [0.717, 1.165) is 19.3 Å². The molecule has 33 heavy (non-hydrogen) atoms. The SMILES string of the molecule is CCCCCCCCCCCCCCCCCC=CC(=O)N[C@@H](C=O)[C@@H](O)[C@H](O)[C@H](O)CO. The van der Waals surface area contributed by atoms with Gasteiger partial charge in [0, 0.05) is 0 Å². The predicted octanol–water partition coefficient (Wildman–Crippen LogP) is 3.56. The van der Waals surface area contributed by atoms with Crippen molar-refractivity contribution in [2.24, 2.45) is 0 Å². The number of allylic oxidation sites excluding steroid dienone is 1. The summed E-state index contributed by atoms with van der Waals surface area (Å²) in [5.41, 5.74) is 0. The van der Waals surface area contributed by atoms with Gasteiger partial charge >= 0.3 is 0 Å². The van der Waals surface area contributed by atoms with Gasteiger partial charge in [0.2, 0.25) is 5.91 Å². The number of nitrogens with one attached hydrogen (secondary N) is 1. The summed E-state index contributed by atoms with van der Waals surface area (Å²) in [6.07, 6.45) is 18.6. The summed E-state index contributed by atoms with van der Waals surface area (Å²) in [5.74, 6) is -0.558. The van der Waals surface area contributed by atoms with E-state index in [1.54, 1.807) is 6.08 Å². The molecular weight excluding hydrogens is 422 g/mol. The van der Waals surface area contributed by atoms with Gasteiger partial charge in [-0.2, -0.15) is 0 Å². The summed E-state index contributed by atoms with van der Waals surface area (Å²) < 4.78 is 0. The lowest BCUT2D eigenvalue weighted by Gasteiger charge is -2.25. The molecule has 0 fully saturated rings. The Labute approximate surface area is 200 Å². The molecule has 0 unspecified atom stereocenters. The monoisotopic (exact) mass is 471 g/mol. The maximum atomic E-state index is 11.9. The predicted molar refractivity (Wildman–Crippen MR) is 132 cm³/mol. The highest BCUT2D eigenvalue weighted by Crippen LogP contribution is 2.13. The maximum Gasteiger partial charge on any atom is 0.244 e. The molecule has 0 bridgehead atoms. The zero-order chi connectivity index (χ0) is 24.7. The van der Waals surface area contributed by atoms with Crippen molar-refractivity contribution in [3.8, 4) is 0 Å². The molecule has 0 saturated heterocycles. The van der Waals surface area contributed by atoms with E-state index < -0.39 is 36.9 Å². The van der Waals surface area contributed by atoms with Crippen LogP contribution in [0.25, 0.3) is 0 Å². The number of rotatable bonds is 23. The third-order valence-electron chi connectivity index (χ3n) is 6.00. The van der Waals surface area contributed by atoms with Crippen LogP contribution in [0.4, 0.5) is 0 Å². The quantitative estimate of drug-likeness (QED) is 0.0881. The molecule has 4 atom stereocenters. The van der Waals surface area contributed by atoms with Gasteiger partial charge in [-0.15, -0.1) is 0 Å². The van der Waals surface area contributed by atoms with Crippen LogP contribution in [0.1, 0.15) is 110 Å². The van der Waals surface area contributed by atoms with Gasteiger partial charge in [0.25, 0.3) is 0 Å². The molecule has 5 N–H and O–H groups in total. The van der Waals surface area contributed by atoms with E-state index in [-0.39, 0.29) is 0 Å². The minimum Gasteiger partial charge on any atom is -0.394 e. The lowest BCUT2D eigenvalue weighted by Crippen LogP contribution is -2.53. The number of amides is 1. The fourth-order valence-corrected chi connectivity index (χ4v) is 3.78. The summed E-state index contributed by atoms with van der Waals surface area (Å²) in [6, 6.07) is -1.37. The summed E-state index contributed by atoms with van der Waals surface area (Å²) in [7, 11) is 0. The Balaban J connectivity index is 3.66. The molecule has 0 saturated carbocycles. The second kappa shape index (κ2) is 22.5. The first-order valence-corrected chi connectivity index (χ1v) is 13.0.